The fraction of sp³-hybridized carbons (Fsp3) is 0.455. The predicted molar refractivity (Wildman–Crippen MR) is 57.5 cm³/mol. The first-order chi connectivity index (χ1) is 7.24. The molecule has 0 bridgehead atoms. The van der Waals surface area contributed by atoms with Gasteiger partial charge >= 0.3 is 0 Å². The van der Waals surface area contributed by atoms with Gasteiger partial charge in [-0.05, 0) is 25.3 Å². The normalized spacial score (nSPS) is 18.3. The Kier molecular flexibility index (Phi) is 1.65. The third-order valence-electron chi connectivity index (χ3n) is 3.07. The Morgan fingerprint density at radius 1 is 1.53 bits per heavy atom. The second-order valence-corrected chi connectivity index (χ2v) is 4.21. The highest BCUT2D eigenvalue weighted by Crippen LogP contribution is 2.44. The Morgan fingerprint density at radius 2 is 2.33 bits per heavy atom. The number of nitrogens with two attached hydrogens (primary N) is 1. The van der Waals surface area contributed by atoms with E-state index < -0.39 is 0 Å². The molecule has 0 spiro atoms. The van der Waals surface area contributed by atoms with E-state index in [4.69, 9.17) is 5.73 Å². The first-order valence-electron chi connectivity index (χ1n) is 5.36. The second kappa shape index (κ2) is 2.79. The fourth-order valence-electron chi connectivity index (χ4n) is 2.08. The van der Waals surface area contributed by atoms with Gasteiger partial charge in [-0.15, -0.1) is 0 Å². The summed E-state index contributed by atoms with van der Waals surface area (Å²) < 4.78 is 2.03. The van der Waals surface area contributed by atoms with Crippen LogP contribution in [0.3, 0.4) is 0 Å². The Balaban J connectivity index is 2.32. The number of hydrogen-bond acceptors (Lipinski definition) is 3. The average molecular weight is 202 g/mol. The summed E-state index contributed by atoms with van der Waals surface area (Å²) in [5.41, 5.74) is 8.37. The van der Waals surface area contributed by atoms with E-state index in [1.807, 2.05) is 16.7 Å². The van der Waals surface area contributed by atoms with Gasteiger partial charge in [0.2, 0.25) is 5.78 Å². The molecule has 4 heteroatoms. The summed E-state index contributed by atoms with van der Waals surface area (Å²) in [4.78, 5) is 8.76. The summed E-state index contributed by atoms with van der Waals surface area (Å²) >= 11 is 0. The van der Waals surface area contributed by atoms with Crippen LogP contribution in [0.5, 0.6) is 0 Å². The SMILES string of the molecule is CCc1nc2ncccn2c1C1(N)CC1. The van der Waals surface area contributed by atoms with E-state index in [0.29, 0.717) is 0 Å². The molecule has 2 aromatic rings. The molecule has 1 aliphatic rings. The number of imidazole rings is 1. The van der Waals surface area contributed by atoms with Crippen molar-refractivity contribution < 1.29 is 0 Å². The van der Waals surface area contributed by atoms with Crippen molar-refractivity contribution in [1.82, 2.24) is 14.4 Å². The number of aromatic nitrogens is 3. The van der Waals surface area contributed by atoms with Crippen LogP contribution in [0.15, 0.2) is 18.5 Å². The topological polar surface area (TPSA) is 56.2 Å². The Hall–Kier alpha value is -1.42. The molecule has 4 nitrogen and oxygen atoms in total. The zero-order valence-electron chi connectivity index (χ0n) is 8.77. The van der Waals surface area contributed by atoms with Crippen LogP contribution in [-0.2, 0) is 12.0 Å². The third kappa shape index (κ3) is 1.18. The molecule has 78 valence electrons. The maximum Gasteiger partial charge on any atom is 0.234 e. The number of aryl methyl sites for hydroxylation is 1. The maximum absolute atomic E-state index is 6.27. The highest BCUT2D eigenvalue weighted by molar-refractivity contribution is 5.41. The third-order valence-corrected chi connectivity index (χ3v) is 3.07. The molecule has 0 aliphatic heterocycles. The monoisotopic (exact) mass is 202 g/mol. The van der Waals surface area contributed by atoms with Gasteiger partial charge < -0.3 is 5.73 Å². The first-order valence-corrected chi connectivity index (χ1v) is 5.36. The Labute approximate surface area is 88.1 Å². The molecule has 2 N–H and O–H groups in total. The predicted octanol–water partition coefficient (Wildman–Crippen LogP) is 1.24. The molecule has 3 rings (SSSR count). The maximum atomic E-state index is 6.27. The van der Waals surface area contributed by atoms with Crippen molar-refractivity contribution in [3.63, 3.8) is 0 Å². The minimum Gasteiger partial charge on any atom is -0.320 e. The van der Waals surface area contributed by atoms with Gasteiger partial charge in [-0.1, -0.05) is 6.92 Å². The van der Waals surface area contributed by atoms with E-state index >= 15 is 0 Å². The molecule has 2 heterocycles. The molecule has 1 aliphatic carbocycles. The highest BCUT2D eigenvalue weighted by atomic mass is 15.1. The van der Waals surface area contributed by atoms with Crippen LogP contribution in [-0.4, -0.2) is 14.4 Å². The van der Waals surface area contributed by atoms with Crippen molar-refractivity contribution in [2.24, 2.45) is 5.73 Å². The van der Waals surface area contributed by atoms with Gasteiger partial charge in [0.1, 0.15) is 0 Å². The second-order valence-electron chi connectivity index (χ2n) is 4.21. The molecule has 0 radical (unpaired) electrons. The van der Waals surface area contributed by atoms with Gasteiger partial charge in [0.05, 0.1) is 16.9 Å². The lowest BCUT2D eigenvalue weighted by Gasteiger charge is -2.09. The molecular weight excluding hydrogens is 188 g/mol. The highest BCUT2D eigenvalue weighted by Gasteiger charge is 2.44. The summed E-state index contributed by atoms with van der Waals surface area (Å²) in [7, 11) is 0. The summed E-state index contributed by atoms with van der Waals surface area (Å²) in [6.07, 6.45) is 6.79. The molecule has 0 saturated heterocycles. The van der Waals surface area contributed by atoms with Crippen LogP contribution in [0.1, 0.15) is 31.2 Å². The Bertz CT molecular complexity index is 510. The summed E-state index contributed by atoms with van der Waals surface area (Å²) in [6.45, 7) is 2.11. The van der Waals surface area contributed by atoms with Crippen LogP contribution >= 0.6 is 0 Å². The lowest BCUT2D eigenvalue weighted by atomic mass is 10.1. The molecule has 1 saturated carbocycles. The van der Waals surface area contributed by atoms with E-state index in [-0.39, 0.29) is 5.54 Å². The number of fused-ring (bicyclic) bond motifs is 1. The summed E-state index contributed by atoms with van der Waals surface area (Å²) in [5, 5.41) is 0. The van der Waals surface area contributed by atoms with Gasteiger partial charge in [0.25, 0.3) is 0 Å². The summed E-state index contributed by atoms with van der Waals surface area (Å²) in [6, 6.07) is 1.92. The van der Waals surface area contributed by atoms with Gasteiger partial charge in [-0.3, -0.25) is 4.40 Å². The lowest BCUT2D eigenvalue weighted by molar-refractivity contribution is 0.684. The zero-order chi connectivity index (χ0) is 10.5. The molecule has 2 aromatic heterocycles. The van der Waals surface area contributed by atoms with E-state index in [9.17, 15) is 0 Å². The van der Waals surface area contributed by atoms with Crippen molar-refractivity contribution in [3.05, 3.63) is 29.8 Å². The fourth-order valence-corrected chi connectivity index (χ4v) is 2.08. The van der Waals surface area contributed by atoms with Crippen molar-refractivity contribution in [2.45, 2.75) is 31.7 Å². The number of nitrogens with zero attached hydrogens (tertiary/aromatic N) is 3. The van der Waals surface area contributed by atoms with Crippen molar-refractivity contribution >= 4 is 5.78 Å². The molecule has 0 amide bonds. The molecule has 0 atom stereocenters. The van der Waals surface area contributed by atoms with Crippen LogP contribution in [0.2, 0.25) is 0 Å². The summed E-state index contributed by atoms with van der Waals surface area (Å²) in [5.74, 6) is 0.765. The molecule has 1 fully saturated rings. The van der Waals surface area contributed by atoms with E-state index in [0.717, 1.165) is 36.4 Å². The standard InChI is InChI=1S/C11H14N4/c1-2-8-9(11(12)4-5-11)15-7-3-6-13-10(15)14-8/h3,6-7H,2,4-5,12H2,1H3. The molecule has 15 heavy (non-hydrogen) atoms. The van der Waals surface area contributed by atoms with Gasteiger partial charge in [0.15, 0.2) is 0 Å². The largest absolute Gasteiger partial charge is 0.320 e. The average Bonchev–Trinajstić information content (AvgIpc) is 2.87. The van der Waals surface area contributed by atoms with Gasteiger partial charge in [0, 0.05) is 12.4 Å². The molecule has 0 aromatic carbocycles. The van der Waals surface area contributed by atoms with E-state index in [2.05, 4.69) is 16.9 Å². The van der Waals surface area contributed by atoms with Crippen molar-refractivity contribution in [1.29, 1.82) is 0 Å². The molecule has 0 unspecified atom stereocenters. The number of rotatable bonds is 2. The lowest BCUT2D eigenvalue weighted by Crippen LogP contribution is -2.22. The van der Waals surface area contributed by atoms with E-state index in [1.165, 1.54) is 0 Å². The van der Waals surface area contributed by atoms with Crippen LogP contribution < -0.4 is 5.73 Å². The minimum absolute atomic E-state index is 0.145. The van der Waals surface area contributed by atoms with Crippen molar-refractivity contribution in [2.75, 3.05) is 0 Å². The van der Waals surface area contributed by atoms with Crippen LogP contribution in [0.25, 0.3) is 5.78 Å². The number of hydrogen-bond donors (Lipinski definition) is 1. The van der Waals surface area contributed by atoms with E-state index in [1.54, 1.807) is 6.20 Å². The smallest absolute Gasteiger partial charge is 0.234 e. The van der Waals surface area contributed by atoms with Crippen LogP contribution in [0.4, 0.5) is 0 Å². The first kappa shape index (κ1) is 8.85. The van der Waals surface area contributed by atoms with Gasteiger partial charge in [-0.25, -0.2) is 9.97 Å². The molecular formula is C11H14N4. The van der Waals surface area contributed by atoms with Crippen molar-refractivity contribution in [3.8, 4) is 0 Å². The minimum atomic E-state index is -0.145. The quantitative estimate of drug-likeness (QED) is 0.797. The van der Waals surface area contributed by atoms with Gasteiger partial charge in [-0.2, -0.15) is 0 Å². The Morgan fingerprint density at radius 3 is 3.00 bits per heavy atom. The van der Waals surface area contributed by atoms with Crippen LogP contribution in [0, 0.1) is 0 Å². The zero-order valence-corrected chi connectivity index (χ0v) is 8.77.